The number of rotatable bonds is 7. The Labute approximate surface area is 154 Å². The van der Waals surface area contributed by atoms with Crippen LogP contribution in [0.15, 0.2) is 48.5 Å². The quantitative estimate of drug-likeness (QED) is 0.652. The van der Waals surface area contributed by atoms with Crippen molar-refractivity contribution in [1.82, 2.24) is 10.0 Å². The van der Waals surface area contributed by atoms with Crippen molar-refractivity contribution in [3.8, 4) is 0 Å². The third kappa shape index (κ3) is 5.31. The molecule has 2 aromatic carbocycles. The summed E-state index contributed by atoms with van der Waals surface area (Å²) in [7, 11) is -3.42. The fraction of sp³-hybridized carbons (Fsp3) is 0.316. The molecular formula is C19H23N3O3S. The molecule has 138 valence electrons. The van der Waals surface area contributed by atoms with Crippen LogP contribution in [0.4, 0.5) is 10.5 Å². The molecule has 0 saturated heterocycles. The zero-order valence-corrected chi connectivity index (χ0v) is 15.3. The van der Waals surface area contributed by atoms with Gasteiger partial charge in [0.25, 0.3) is 0 Å². The largest absolute Gasteiger partial charge is 0.337 e. The Kier molecular flexibility index (Phi) is 5.90. The van der Waals surface area contributed by atoms with Crippen LogP contribution in [0.1, 0.15) is 23.1 Å². The van der Waals surface area contributed by atoms with Gasteiger partial charge in [0.2, 0.25) is 10.0 Å². The summed E-state index contributed by atoms with van der Waals surface area (Å²) in [6.07, 6.45) is 3.31. The van der Waals surface area contributed by atoms with Crippen LogP contribution in [0.3, 0.4) is 0 Å². The molecule has 1 aliphatic rings. The predicted molar refractivity (Wildman–Crippen MR) is 103 cm³/mol. The average molecular weight is 373 g/mol. The molecule has 3 N–H and O–H groups in total. The van der Waals surface area contributed by atoms with Crippen molar-refractivity contribution >= 4 is 21.7 Å². The Morgan fingerprint density at radius 2 is 1.73 bits per heavy atom. The summed E-state index contributed by atoms with van der Waals surface area (Å²) in [5, 5.41) is 5.44. The number of anilines is 1. The zero-order valence-electron chi connectivity index (χ0n) is 14.5. The number of hydrogen-bond acceptors (Lipinski definition) is 3. The lowest BCUT2D eigenvalue weighted by Crippen LogP contribution is -2.37. The standard InChI is InChI=1S/C19H23N3O3S/c23-19(22-18-10-9-16-7-4-8-17(16)13-18)20-11-12-21-26(24,25)14-15-5-2-1-3-6-15/h1-3,5-6,9-10,13,21H,4,7-8,11-12,14H2,(H2,20,22,23). The van der Waals surface area contributed by atoms with Crippen LogP contribution < -0.4 is 15.4 Å². The van der Waals surface area contributed by atoms with Crippen molar-refractivity contribution in [1.29, 1.82) is 0 Å². The van der Waals surface area contributed by atoms with Gasteiger partial charge in [0.15, 0.2) is 0 Å². The highest BCUT2D eigenvalue weighted by Gasteiger charge is 2.12. The minimum absolute atomic E-state index is 0.0742. The summed E-state index contributed by atoms with van der Waals surface area (Å²) in [5.41, 5.74) is 4.12. The molecule has 0 atom stereocenters. The zero-order chi connectivity index (χ0) is 18.4. The first-order chi connectivity index (χ1) is 12.5. The summed E-state index contributed by atoms with van der Waals surface area (Å²) >= 11 is 0. The van der Waals surface area contributed by atoms with Crippen LogP contribution in [0.5, 0.6) is 0 Å². The van der Waals surface area contributed by atoms with Crippen LogP contribution in [0.25, 0.3) is 0 Å². The van der Waals surface area contributed by atoms with E-state index in [9.17, 15) is 13.2 Å². The molecule has 0 bridgehead atoms. The molecule has 0 heterocycles. The SMILES string of the molecule is O=C(NCCNS(=O)(=O)Cc1ccccc1)Nc1ccc2c(c1)CCC2. The van der Waals surface area contributed by atoms with Gasteiger partial charge in [-0.2, -0.15) is 0 Å². The van der Waals surface area contributed by atoms with E-state index in [1.807, 2.05) is 18.2 Å². The van der Waals surface area contributed by atoms with Gasteiger partial charge in [-0.05, 0) is 48.1 Å². The number of carbonyl (C=O) groups is 1. The molecule has 7 heteroatoms. The summed E-state index contributed by atoms with van der Waals surface area (Å²) in [4.78, 5) is 11.9. The second kappa shape index (κ2) is 8.33. The van der Waals surface area contributed by atoms with Gasteiger partial charge < -0.3 is 10.6 Å². The van der Waals surface area contributed by atoms with Crippen molar-refractivity contribution in [3.63, 3.8) is 0 Å². The van der Waals surface area contributed by atoms with E-state index in [0.29, 0.717) is 0 Å². The van der Waals surface area contributed by atoms with Gasteiger partial charge in [-0.1, -0.05) is 36.4 Å². The summed E-state index contributed by atoms with van der Waals surface area (Å²) in [5.74, 6) is -0.0742. The van der Waals surface area contributed by atoms with E-state index in [0.717, 1.165) is 30.5 Å². The second-order valence-corrected chi connectivity index (χ2v) is 8.16. The first-order valence-corrected chi connectivity index (χ1v) is 10.3. The van der Waals surface area contributed by atoms with Gasteiger partial charge in [-0.25, -0.2) is 17.9 Å². The molecule has 0 radical (unpaired) electrons. The molecular weight excluding hydrogens is 350 g/mol. The number of sulfonamides is 1. The molecule has 0 saturated carbocycles. The number of fused-ring (bicyclic) bond motifs is 1. The molecule has 1 aliphatic carbocycles. The minimum atomic E-state index is -3.42. The third-order valence-electron chi connectivity index (χ3n) is 4.29. The Hall–Kier alpha value is -2.38. The first-order valence-electron chi connectivity index (χ1n) is 8.70. The fourth-order valence-electron chi connectivity index (χ4n) is 3.05. The maximum atomic E-state index is 12.0. The van der Waals surface area contributed by atoms with E-state index >= 15 is 0 Å². The maximum Gasteiger partial charge on any atom is 0.319 e. The summed E-state index contributed by atoms with van der Waals surface area (Å²) < 4.78 is 26.5. The van der Waals surface area contributed by atoms with Gasteiger partial charge in [0, 0.05) is 18.8 Å². The van der Waals surface area contributed by atoms with Crippen molar-refractivity contribution < 1.29 is 13.2 Å². The second-order valence-electron chi connectivity index (χ2n) is 6.36. The van der Waals surface area contributed by atoms with Crippen LogP contribution in [-0.2, 0) is 28.6 Å². The number of amides is 2. The molecule has 0 aromatic heterocycles. The molecule has 3 rings (SSSR count). The Morgan fingerprint density at radius 3 is 2.54 bits per heavy atom. The first kappa shape index (κ1) is 18.4. The summed E-state index contributed by atoms with van der Waals surface area (Å²) in [6.45, 7) is 0.359. The highest BCUT2D eigenvalue weighted by molar-refractivity contribution is 7.88. The van der Waals surface area contributed by atoms with Crippen molar-refractivity contribution in [3.05, 3.63) is 65.2 Å². The van der Waals surface area contributed by atoms with Gasteiger partial charge in [-0.3, -0.25) is 0 Å². The molecule has 2 amide bonds. The lowest BCUT2D eigenvalue weighted by Gasteiger charge is -2.10. The predicted octanol–water partition coefficient (Wildman–Crippen LogP) is 2.42. The Bertz CT molecular complexity index is 867. The summed E-state index contributed by atoms with van der Waals surface area (Å²) in [6, 6.07) is 14.6. The number of carbonyl (C=O) groups excluding carboxylic acids is 1. The van der Waals surface area contributed by atoms with Gasteiger partial charge in [0.05, 0.1) is 5.75 Å². The molecule has 0 fully saturated rings. The van der Waals surface area contributed by atoms with E-state index in [2.05, 4.69) is 21.4 Å². The Balaban J connectivity index is 1.40. The van der Waals surface area contributed by atoms with Gasteiger partial charge >= 0.3 is 6.03 Å². The molecule has 26 heavy (non-hydrogen) atoms. The Morgan fingerprint density at radius 1 is 0.962 bits per heavy atom. The van der Waals surface area contributed by atoms with Crippen molar-refractivity contribution in [2.24, 2.45) is 0 Å². The van der Waals surface area contributed by atoms with Crippen LogP contribution in [0.2, 0.25) is 0 Å². The normalized spacial score (nSPS) is 13.2. The molecule has 0 aliphatic heterocycles. The number of hydrogen-bond donors (Lipinski definition) is 3. The highest BCUT2D eigenvalue weighted by Crippen LogP contribution is 2.24. The topological polar surface area (TPSA) is 87.3 Å². The van der Waals surface area contributed by atoms with Crippen molar-refractivity contribution in [2.75, 3.05) is 18.4 Å². The van der Waals surface area contributed by atoms with Gasteiger partial charge in [0.1, 0.15) is 0 Å². The molecule has 0 unspecified atom stereocenters. The molecule has 0 spiro atoms. The monoisotopic (exact) mass is 373 g/mol. The van der Waals surface area contributed by atoms with Crippen LogP contribution in [0, 0.1) is 0 Å². The lowest BCUT2D eigenvalue weighted by atomic mass is 10.1. The number of benzene rings is 2. The van der Waals surface area contributed by atoms with Gasteiger partial charge in [-0.15, -0.1) is 0 Å². The molecule has 6 nitrogen and oxygen atoms in total. The van der Waals surface area contributed by atoms with E-state index in [4.69, 9.17) is 0 Å². The smallest absolute Gasteiger partial charge is 0.319 e. The maximum absolute atomic E-state index is 12.0. The number of aryl methyl sites for hydroxylation is 2. The average Bonchev–Trinajstić information content (AvgIpc) is 3.07. The van der Waals surface area contributed by atoms with Crippen LogP contribution >= 0.6 is 0 Å². The van der Waals surface area contributed by atoms with E-state index in [1.165, 1.54) is 11.1 Å². The third-order valence-corrected chi connectivity index (χ3v) is 5.65. The van der Waals surface area contributed by atoms with Crippen LogP contribution in [-0.4, -0.2) is 27.5 Å². The number of nitrogens with one attached hydrogen (secondary N) is 3. The van der Waals surface area contributed by atoms with E-state index in [-0.39, 0.29) is 24.9 Å². The minimum Gasteiger partial charge on any atom is -0.337 e. The highest BCUT2D eigenvalue weighted by atomic mass is 32.2. The number of urea groups is 1. The van der Waals surface area contributed by atoms with E-state index in [1.54, 1.807) is 24.3 Å². The lowest BCUT2D eigenvalue weighted by molar-refractivity contribution is 0.252. The van der Waals surface area contributed by atoms with Crippen molar-refractivity contribution in [2.45, 2.75) is 25.0 Å². The van der Waals surface area contributed by atoms with E-state index < -0.39 is 10.0 Å². The molecule has 2 aromatic rings. The fourth-order valence-corrected chi connectivity index (χ4v) is 4.20.